The Morgan fingerprint density at radius 2 is 1.96 bits per heavy atom. The lowest BCUT2D eigenvalue weighted by Crippen LogP contribution is -2.00. The molecule has 0 radical (unpaired) electrons. The fourth-order valence-corrected chi connectivity index (χ4v) is 3.91. The molecular formula is C21H18ClN3OS. The molecule has 0 aliphatic rings. The highest BCUT2D eigenvalue weighted by atomic mass is 35.5. The second kappa shape index (κ2) is 7.62. The maximum Gasteiger partial charge on any atom is 0.200 e. The van der Waals surface area contributed by atoms with Crippen LogP contribution < -0.4 is 0 Å². The van der Waals surface area contributed by atoms with Crippen LogP contribution in [0.1, 0.15) is 11.1 Å². The Morgan fingerprint density at radius 3 is 2.74 bits per heavy atom. The fourth-order valence-electron chi connectivity index (χ4n) is 2.83. The minimum Gasteiger partial charge on any atom is -0.453 e. The van der Waals surface area contributed by atoms with Gasteiger partial charge in [-0.25, -0.2) is 0 Å². The molecule has 2 heterocycles. The number of thioether (sulfide) groups is 1. The van der Waals surface area contributed by atoms with E-state index in [9.17, 15) is 0 Å². The van der Waals surface area contributed by atoms with Crippen LogP contribution in [0.3, 0.4) is 0 Å². The molecule has 4 rings (SSSR count). The molecule has 0 unspecified atom stereocenters. The van der Waals surface area contributed by atoms with Crippen molar-refractivity contribution in [3.05, 3.63) is 77.3 Å². The highest BCUT2D eigenvalue weighted by Crippen LogP contribution is 2.31. The van der Waals surface area contributed by atoms with E-state index < -0.39 is 0 Å². The zero-order valence-electron chi connectivity index (χ0n) is 14.9. The number of hydrogen-bond donors (Lipinski definition) is 0. The summed E-state index contributed by atoms with van der Waals surface area (Å²) < 4.78 is 7.98. The minimum absolute atomic E-state index is 0.608. The Balaban J connectivity index is 1.64. The zero-order valence-corrected chi connectivity index (χ0v) is 16.4. The van der Waals surface area contributed by atoms with Crippen molar-refractivity contribution in [3.63, 3.8) is 0 Å². The van der Waals surface area contributed by atoms with Crippen molar-refractivity contribution >= 4 is 34.3 Å². The Labute approximate surface area is 166 Å². The highest BCUT2D eigenvalue weighted by Gasteiger charge is 2.17. The molecule has 4 nitrogen and oxygen atoms in total. The molecule has 0 N–H and O–H groups in total. The molecule has 0 bridgehead atoms. The fraction of sp³-hybridized carbons (Fsp3) is 0.143. The third kappa shape index (κ3) is 3.80. The topological polar surface area (TPSA) is 43.9 Å². The zero-order chi connectivity index (χ0) is 18.8. The third-order valence-corrected chi connectivity index (χ3v) is 5.49. The summed E-state index contributed by atoms with van der Waals surface area (Å²) in [7, 11) is 0. The van der Waals surface area contributed by atoms with Crippen molar-refractivity contribution in [3.8, 4) is 11.6 Å². The number of fused-ring (bicyclic) bond motifs is 1. The van der Waals surface area contributed by atoms with Crippen molar-refractivity contribution < 1.29 is 4.42 Å². The van der Waals surface area contributed by atoms with Gasteiger partial charge < -0.3 is 4.42 Å². The quantitative estimate of drug-likeness (QED) is 0.291. The second-order valence-corrected chi connectivity index (χ2v) is 7.65. The van der Waals surface area contributed by atoms with Gasteiger partial charge in [0.2, 0.25) is 5.82 Å². The number of aromatic nitrogens is 3. The summed E-state index contributed by atoms with van der Waals surface area (Å²) in [6.45, 7) is 6.56. The summed E-state index contributed by atoms with van der Waals surface area (Å²) in [6.07, 6.45) is 1.84. The first kappa shape index (κ1) is 17.9. The first-order valence-electron chi connectivity index (χ1n) is 8.56. The van der Waals surface area contributed by atoms with Gasteiger partial charge in [0.15, 0.2) is 10.9 Å². The normalized spacial score (nSPS) is 11.2. The van der Waals surface area contributed by atoms with Gasteiger partial charge in [-0.2, -0.15) is 0 Å². The van der Waals surface area contributed by atoms with Crippen LogP contribution in [0.2, 0.25) is 5.02 Å². The van der Waals surface area contributed by atoms with Crippen LogP contribution in [0.4, 0.5) is 0 Å². The van der Waals surface area contributed by atoms with E-state index in [1.165, 1.54) is 11.1 Å². The van der Waals surface area contributed by atoms with Crippen LogP contribution in [-0.4, -0.2) is 14.8 Å². The van der Waals surface area contributed by atoms with Gasteiger partial charge in [0, 0.05) is 22.7 Å². The van der Waals surface area contributed by atoms with Crippen LogP contribution in [0.15, 0.2) is 70.8 Å². The van der Waals surface area contributed by atoms with Gasteiger partial charge in [-0.3, -0.25) is 4.57 Å². The highest BCUT2D eigenvalue weighted by molar-refractivity contribution is 7.98. The van der Waals surface area contributed by atoms with E-state index in [-0.39, 0.29) is 0 Å². The van der Waals surface area contributed by atoms with E-state index in [1.807, 2.05) is 34.9 Å². The molecule has 0 atom stereocenters. The smallest absolute Gasteiger partial charge is 0.200 e. The molecule has 0 aliphatic heterocycles. The van der Waals surface area contributed by atoms with E-state index in [4.69, 9.17) is 16.0 Å². The van der Waals surface area contributed by atoms with Gasteiger partial charge >= 0.3 is 0 Å². The Morgan fingerprint density at radius 1 is 1.15 bits per heavy atom. The largest absolute Gasteiger partial charge is 0.453 e. The molecule has 0 saturated heterocycles. The number of nitrogens with zero attached hydrogens (tertiary/aromatic N) is 3. The average molecular weight is 396 g/mol. The Kier molecular flexibility index (Phi) is 5.05. The first-order chi connectivity index (χ1) is 13.1. The number of aryl methyl sites for hydroxylation is 1. The summed E-state index contributed by atoms with van der Waals surface area (Å²) in [5.74, 6) is 2.18. The molecule has 2 aromatic heterocycles. The number of rotatable bonds is 6. The van der Waals surface area contributed by atoms with Crippen LogP contribution in [-0.2, 0) is 12.3 Å². The summed E-state index contributed by atoms with van der Waals surface area (Å²) in [4.78, 5) is 0. The molecule has 2 aromatic carbocycles. The van der Waals surface area contributed by atoms with Gasteiger partial charge in [-0.1, -0.05) is 59.3 Å². The third-order valence-electron chi connectivity index (χ3n) is 4.22. The van der Waals surface area contributed by atoms with Crippen molar-refractivity contribution in [1.29, 1.82) is 0 Å². The maximum absolute atomic E-state index is 6.08. The summed E-state index contributed by atoms with van der Waals surface area (Å²) >= 11 is 7.73. The summed E-state index contributed by atoms with van der Waals surface area (Å²) in [6, 6.07) is 16.0. The molecular weight excluding hydrogens is 378 g/mol. The van der Waals surface area contributed by atoms with Gasteiger partial charge in [0.05, 0.1) is 0 Å². The molecule has 4 aromatic rings. The second-order valence-electron chi connectivity index (χ2n) is 6.27. The first-order valence-corrected chi connectivity index (χ1v) is 9.92. The van der Waals surface area contributed by atoms with E-state index in [1.54, 1.807) is 11.8 Å². The summed E-state index contributed by atoms with van der Waals surface area (Å²) in [5.41, 5.74) is 3.28. The van der Waals surface area contributed by atoms with Crippen LogP contribution in [0, 0.1) is 6.92 Å². The van der Waals surface area contributed by atoms with Gasteiger partial charge in [0.1, 0.15) is 5.58 Å². The van der Waals surface area contributed by atoms with Gasteiger partial charge in [-0.05, 0) is 36.8 Å². The minimum atomic E-state index is 0.608. The summed E-state index contributed by atoms with van der Waals surface area (Å²) in [5, 5.41) is 11.2. The predicted octanol–water partition coefficient (Wildman–Crippen LogP) is 6.13. The monoisotopic (exact) mass is 395 g/mol. The number of hydrogen-bond acceptors (Lipinski definition) is 4. The number of allylic oxidation sites excluding steroid dienone is 1. The number of benzene rings is 2. The molecule has 0 saturated carbocycles. The molecule has 136 valence electrons. The standard InChI is InChI=1S/C21H18ClN3OS/c1-3-10-25-20(19-12-16-11-17(22)8-9-18(16)26-19)23-24-21(25)27-13-15-6-4-14(2)5-7-15/h3-9,11-12H,1,10,13H2,2H3. The van der Waals surface area contributed by atoms with Gasteiger partial charge in [0.25, 0.3) is 0 Å². The van der Waals surface area contributed by atoms with Crippen LogP contribution in [0.25, 0.3) is 22.6 Å². The van der Waals surface area contributed by atoms with Gasteiger partial charge in [-0.15, -0.1) is 16.8 Å². The molecule has 6 heteroatoms. The average Bonchev–Trinajstić information content (AvgIpc) is 3.25. The predicted molar refractivity (Wildman–Crippen MR) is 111 cm³/mol. The Hall–Kier alpha value is -2.50. The lowest BCUT2D eigenvalue weighted by atomic mass is 10.2. The van der Waals surface area contributed by atoms with E-state index in [0.717, 1.165) is 21.9 Å². The van der Waals surface area contributed by atoms with Crippen molar-refractivity contribution in [2.75, 3.05) is 0 Å². The van der Waals surface area contributed by atoms with Crippen LogP contribution >= 0.6 is 23.4 Å². The number of furan rings is 1. The molecule has 0 fully saturated rings. The van der Waals surface area contributed by atoms with Crippen molar-refractivity contribution in [2.24, 2.45) is 0 Å². The van der Waals surface area contributed by atoms with Crippen LogP contribution in [0.5, 0.6) is 0 Å². The van der Waals surface area contributed by atoms with E-state index in [2.05, 4.69) is 48.0 Å². The SMILES string of the molecule is C=CCn1c(SCc2ccc(C)cc2)nnc1-c1cc2cc(Cl)ccc2o1. The van der Waals surface area contributed by atoms with E-state index >= 15 is 0 Å². The lowest BCUT2D eigenvalue weighted by Gasteiger charge is -2.06. The molecule has 0 spiro atoms. The molecule has 0 aliphatic carbocycles. The molecule has 0 amide bonds. The maximum atomic E-state index is 6.08. The molecule has 27 heavy (non-hydrogen) atoms. The Bertz CT molecular complexity index is 1100. The van der Waals surface area contributed by atoms with Crippen molar-refractivity contribution in [1.82, 2.24) is 14.8 Å². The van der Waals surface area contributed by atoms with Crippen molar-refractivity contribution in [2.45, 2.75) is 24.4 Å². The van der Waals surface area contributed by atoms with E-state index in [0.29, 0.717) is 23.2 Å². The lowest BCUT2D eigenvalue weighted by molar-refractivity contribution is 0.613. The number of halogens is 1.